The molecule has 2 aliphatic heterocycles. The lowest BCUT2D eigenvalue weighted by atomic mass is 10.0. The highest BCUT2D eigenvalue weighted by molar-refractivity contribution is 6.30. The van der Waals surface area contributed by atoms with E-state index in [1.165, 1.54) is 14.2 Å². The fraction of sp³-hybridized carbons (Fsp3) is 0.548. The van der Waals surface area contributed by atoms with Crippen LogP contribution in [0.15, 0.2) is 64.3 Å². The summed E-state index contributed by atoms with van der Waals surface area (Å²) in [6, 6.07) is 16.5. The summed E-state index contributed by atoms with van der Waals surface area (Å²) in [6.45, 7) is 17.3. The van der Waals surface area contributed by atoms with Crippen molar-refractivity contribution in [3.63, 3.8) is 0 Å². The second-order valence-corrected chi connectivity index (χ2v) is 17.2. The number of carbonyl (C=O) groups is 3. The lowest BCUT2D eigenvalue weighted by Gasteiger charge is -2.40. The van der Waals surface area contributed by atoms with Crippen LogP contribution in [-0.2, 0) is 41.4 Å². The molecule has 17 heteroatoms. The standard InChI is InChI=1S/C20H25ClN2O4.C19H27ClN2O5.C3H7NO/c1-13-9-17(27-22-13)18-11-23(19(24)26-20(2,3)4)16(12-25-18)10-14-5-7-15(21)8-6-14;1-19(2,3)27-18(24)22-11-16(17(23)21(4)25-5)26-12-15(22)10-13-6-8-14(20)9-7-13;1-3(2)4-5/h5-9,16,18H,10-12H2,1-4H3;6-9,15-16H,10-12H2,1-5H3;5H,1-2H3/t16-,18+;15-,16+;/m00./s1. The highest BCUT2D eigenvalue weighted by Crippen LogP contribution is 2.29. The molecule has 1 aromatic heterocycles. The highest BCUT2D eigenvalue weighted by atomic mass is 35.5. The first-order chi connectivity index (χ1) is 27.6. The Balaban J connectivity index is 0.000000283. The van der Waals surface area contributed by atoms with E-state index < -0.39 is 23.4 Å². The number of oxime groups is 1. The maximum absolute atomic E-state index is 12.8. The molecular formula is C42H59Cl2N5O10. The molecule has 0 spiro atoms. The number of hydrogen-bond donors (Lipinski definition) is 1. The van der Waals surface area contributed by atoms with Crippen molar-refractivity contribution in [1.29, 1.82) is 0 Å². The molecule has 59 heavy (non-hydrogen) atoms. The average molecular weight is 865 g/mol. The van der Waals surface area contributed by atoms with E-state index in [2.05, 4.69) is 10.3 Å². The van der Waals surface area contributed by atoms with Crippen LogP contribution < -0.4 is 0 Å². The largest absolute Gasteiger partial charge is 0.444 e. The van der Waals surface area contributed by atoms with Crippen LogP contribution >= 0.6 is 23.2 Å². The molecule has 0 radical (unpaired) electrons. The third-order valence-corrected chi connectivity index (χ3v) is 9.14. The zero-order valence-electron chi connectivity index (χ0n) is 35.9. The number of amides is 3. The third-order valence-electron chi connectivity index (χ3n) is 8.63. The molecule has 2 saturated heterocycles. The first-order valence-electron chi connectivity index (χ1n) is 19.2. The van der Waals surface area contributed by atoms with E-state index >= 15 is 0 Å². The minimum Gasteiger partial charge on any atom is -0.444 e. The number of halogens is 2. The van der Waals surface area contributed by atoms with Gasteiger partial charge in [-0.25, -0.2) is 14.7 Å². The fourth-order valence-corrected chi connectivity index (χ4v) is 6.01. The quantitative estimate of drug-likeness (QED) is 0.138. The summed E-state index contributed by atoms with van der Waals surface area (Å²) in [4.78, 5) is 46.2. The number of aromatic nitrogens is 1. The summed E-state index contributed by atoms with van der Waals surface area (Å²) in [5.74, 6) is 0.266. The van der Waals surface area contributed by atoms with Crippen molar-refractivity contribution in [1.82, 2.24) is 20.0 Å². The van der Waals surface area contributed by atoms with E-state index in [4.69, 9.17) is 56.7 Å². The number of nitrogens with zero attached hydrogens (tertiary/aromatic N) is 5. The van der Waals surface area contributed by atoms with Gasteiger partial charge in [0.2, 0.25) is 0 Å². The molecule has 3 heterocycles. The predicted octanol–water partition coefficient (Wildman–Crippen LogP) is 8.32. The summed E-state index contributed by atoms with van der Waals surface area (Å²) in [7, 11) is 2.90. The molecule has 0 saturated carbocycles. The van der Waals surface area contributed by atoms with Crippen molar-refractivity contribution in [2.75, 3.05) is 40.5 Å². The molecule has 2 aromatic carbocycles. The number of hydroxylamine groups is 2. The number of likely N-dealkylation sites (N-methyl/N-ethyl adjacent to an activating group) is 1. The predicted molar refractivity (Wildman–Crippen MR) is 224 cm³/mol. The average Bonchev–Trinajstić information content (AvgIpc) is 3.61. The van der Waals surface area contributed by atoms with Gasteiger partial charge in [-0.05, 0) is 111 Å². The first kappa shape index (κ1) is 49.0. The number of carbonyl (C=O) groups excluding carboxylic acids is 3. The van der Waals surface area contributed by atoms with Crippen molar-refractivity contribution in [3.8, 4) is 0 Å². The second kappa shape index (κ2) is 22.3. The Morgan fingerprint density at radius 1 is 0.831 bits per heavy atom. The van der Waals surface area contributed by atoms with Crippen molar-refractivity contribution >= 4 is 47.0 Å². The lowest BCUT2D eigenvalue weighted by Crippen LogP contribution is -2.57. The molecule has 2 aliphatic rings. The summed E-state index contributed by atoms with van der Waals surface area (Å²) >= 11 is 11.9. The van der Waals surface area contributed by atoms with Gasteiger partial charge in [0.25, 0.3) is 5.91 Å². The SMILES string of the molecule is CC(C)=NO.CON(C)C(=O)[C@H]1CN(C(=O)OC(C)(C)C)[C@@H](Cc2ccc(Cl)cc2)CO1.Cc1cc([C@H]2CN(C(=O)OC(C)(C)C)[C@@H](Cc3ccc(Cl)cc3)CO2)on1. The second-order valence-electron chi connectivity index (χ2n) is 16.3. The van der Waals surface area contributed by atoms with E-state index in [9.17, 15) is 14.4 Å². The minimum absolute atomic E-state index is 0.0969. The number of benzene rings is 2. The summed E-state index contributed by atoms with van der Waals surface area (Å²) < 4.78 is 28.2. The van der Waals surface area contributed by atoms with Gasteiger partial charge in [-0.1, -0.05) is 57.8 Å². The van der Waals surface area contributed by atoms with Crippen LogP contribution in [0.25, 0.3) is 0 Å². The molecule has 0 aliphatic carbocycles. The van der Waals surface area contributed by atoms with Gasteiger partial charge in [0.15, 0.2) is 11.9 Å². The summed E-state index contributed by atoms with van der Waals surface area (Å²) in [5.41, 5.74) is 2.35. The van der Waals surface area contributed by atoms with E-state index in [0.29, 0.717) is 47.5 Å². The van der Waals surface area contributed by atoms with E-state index in [0.717, 1.165) is 21.9 Å². The van der Waals surface area contributed by atoms with Crippen molar-refractivity contribution in [3.05, 3.63) is 87.2 Å². The van der Waals surface area contributed by atoms with Crippen LogP contribution in [0.4, 0.5) is 9.59 Å². The molecule has 0 bridgehead atoms. The Morgan fingerprint density at radius 3 is 1.66 bits per heavy atom. The summed E-state index contributed by atoms with van der Waals surface area (Å²) in [6.07, 6.45) is -0.770. The van der Waals surface area contributed by atoms with E-state index in [1.807, 2.05) is 70.2 Å². The molecule has 5 rings (SSSR count). The number of morpholine rings is 2. The third kappa shape index (κ3) is 16.6. The minimum atomic E-state index is -0.802. The Bertz CT molecular complexity index is 1820. The van der Waals surface area contributed by atoms with Crippen LogP contribution in [0.2, 0.25) is 10.0 Å². The first-order valence-corrected chi connectivity index (χ1v) is 20.0. The zero-order chi connectivity index (χ0) is 44.1. The van der Waals surface area contributed by atoms with Gasteiger partial charge in [-0.15, -0.1) is 0 Å². The molecule has 326 valence electrons. The Morgan fingerprint density at radius 2 is 1.27 bits per heavy atom. The van der Waals surface area contributed by atoms with Gasteiger partial charge < -0.3 is 28.7 Å². The molecule has 0 unspecified atom stereocenters. The lowest BCUT2D eigenvalue weighted by molar-refractivity contribution is -0.187. The number of hydrogen-bond acceptors (Lipinski definition) is 12. The summed E-state index contributed by atoms with van der Waals surface area (Å²) in [5, 5.41) is 16.9. The van der Waals surface area contributed by atoms with E-state index in [1.54, 1.807) is 56.6 Å². The maximum Gasteiger partial charge on any atom is 0.410 e. The smallest absolute Gasteiger partial charge is 0.410 e. The van der Waals surface area contributed by atoms with E-state index in [-0.39, 0.29) is 43.3 Å². The Hall–Kier alpha value is -4.41. The molecule has 15 nitrogen and oxygen atoms in total. The van der Waals surface area contributed by atoms with Gasteiger partial charge in [-0.3, -0.25) is 19.4 Å². The molecule has 3 amide bonds. The number of ether oxygens (including phenoxy) is 4. The van der Waals surface area contributed by atoms with Crippen LogP contribution in [-0.4, -0.2) is 119 Å². The number of aryl methyl sites for hydroxylation is 1. The van der Waals surface area contributed by atoms with Crippen LogP contribution in [0, 0.1) is 6.92 Å². The monoisotopic (exact) mass is 863 g/mol. The van der Waals surface area contributed by atoms with Crippen LogP contribution in [0.1, 0.15) is 84.1 Å². The van der Waals surface area contributed by atoms with Crippen molar-refractivity contribution < 1.29 is 47.9 Å². The van der Waals surface area contributed by atoms with Crippen molar-refractivity contribution in [2.24, 2.45) is 5.16 Å². The van der Waals surface area contributed by atoms with Crippen LogP contribution in [0.3, 0.4) is 0 Å². The van der Waals surface area contributed by atoms with Gasteiger partial charge in [0.1, 0.15) is 17.3 Å². The number of rotatable bonds is 7. The van der Waals surface area contributed by atoms with Gasteiger partial charge in [0, 0.05) is 23.2 Å². The van der Waals surface area contributed by atoms with Crippen molar-refractivity contribution in [2.45, 2.75) is 111 Å². The van der Waals surface area contributed by atoms with Gasteiger partial charge >= 0.3 is 12.2 Å². The fourth-order valence-electron chi connectivity index (χ4n) is 5.76. The van der Waals surface area contributed by atoms with Crippen LogP contribution in [0.5, 0.6) is 0 Å². The topological polar surface area (TPSA) is 166 Å². The maximum atomic E-state index is 12.8. The highest BCUT2D eigenvalue weighted by Gasteiger charge is 2.39. The molecule has 3 aromatic rings. The zero-order valence-corrected chi connectivity index (χ0v) is 37.4. The Kier molecular flexibility index (Phi) is 18.5. The molecule has 4 atom stereocenters. The van der Waals surface area contributed by atoms with Gasteiger partial charge in [-0.2, -0.15) is 0 Å². The Labute approximate surface area is 357 Å². The molecule has 1 N–H and O–H groups in total. The van der Waals surface area contributed by atoms with Gasteiger partial charge in [0.05, 0.1) is 56.9 Å². The molecule has 2 fully saturated rings. The normalized spacial score (nSPS) is 19.3. The molecular weight excluding hydrogens is 805 g/mol.